The van der Waals surface area contributed by atoms with Gasteiger partial charge in [-0.3, -0.25) is 10.1 Å². The molecule has 1 saturated heterocycles. The Kier molecular flexibility index (Phi) is 4.07. The minimum Gasteiger partial charge on any atom is -0.322 e. The molecule has 2 saturated carbocycles. The van der Waals surface area contributed by atoms with Gasteiger partial charge in [0.1, 0.15) is 0 Å². The topological polar surface area (TPSA) is 32.3 Å². The first-order chi connectivity index (χ1) is 9.61. The van der Waals surface area contributed by atoms with Crippen LogP contribution < -0.4 is 5.32 Å². The molecule has 0 radical (unpaired) electrons. The standard InChI is InChI=1S/C17H30N2O/c1-4-5-6-14-17(20)19(16(18-14)11(2)3)15-10-12-7-8-13(15)9-12/h11-16,18H,4-10H2,1-3H3. The summed E-state index contributed by atoms with van der Waals surface area (Å²) in [6, 6.07) is 0.620. The van der Waals surface area contributed by atoms with Crippen molar-refractivity contribution in [2.24, 2.45) is 17.8 Å². The summed E-state index contributed by atoms with van der Waals surface area (Å²) in [7, 11) is 0. The maximum absolute atomic E-state index is 12.9. The van der Waals surface area contributed by atoms with Gasteiger partial charge in [-0.1, -0.05) is 40.0 Å². The number of carbonyl (C=O) groups excluding carboxylic acids is 1. The van der Waals surface area contributed by atoms with Crippen LogP contribution >= 0.6 is 0 Å². The van der Waals surface area contributed by atoms with Crippen molar-refractivity contribution < 1.29 is 4.79 Å². The van der Waals surface area contributed by atoms with Crippen LogP contribution in [0.5, 0.6) is 0 Å². The third-order valence-electron chi connectivity index (χ3n) is 5.76. The van der Waals surface area contributed by atoms with E-state index >= 15 is 0 Å². The van der Waals surface area contributed by atoms with Gasteiger partial charge >= 0.3 is 0 Å². The highest BCUT2D eigenvalue weighted by molar-refractivity contribution is 5.84. The molecule has 5 atom stereocenters. The first-order valence-corrected chi connectivity index (χ1v) is 8.70. The van der Waals surface area contributed by atoms with Crippen molar-refractivity contribution in [2.45, 2.75) is 84.0 Å². The molecule has 3 heteroatoms. The molecule has 0 aromatic rings. The van der Waals surface area contributed by atoms with Crippen molar-refractivity contribution in [3.05, 3.63) is 0 Å². The van der Waals surface area contributed by atoms with Crippen LogP contribution in [0.1, 0.15) is 65.7 Å². The first kappa shape index (κ1) is 14.4. The largest absolute Gasteiger partial charge is 0.322 e. The summed E-state index contributed by atoms with van der Waals surface area (Å²) in [6.07, 6.45) is 9.00. The van der Waals surface area contributed by atoms with Crippen LogP contribution in [0.4, 0.5) is 0 Å². The lowest BCUT2D eigenvalue weighted by Crippen LogP contribution is -2.49. The van der Waals surface area contributed by atoms with Crippen LogP contribution in [0.25, 0.3) is 0 Å². The fourth-order valence-electron chi connectivity index (χ4n) is 4.73. The molecule has 3 rings (SSSR count). The van der Waals surface area contributed by atoms with E-state index in [0.29, 0.717) is 17.9 Å². The van der Waals surface area contributed by atoms with Crippen molar-refractivity contribution in [1.29, 1.82) is 0 Å². The number of carbonyl (C=O) groups is 1. The Hall–Kier alpha value is -0.570. The number of rotatable bonds is 5. The van der Waals surface area contributed by atoms with Crippen LogP contribution in [0, 0.1) is 17.8 Å². The molecule has 3 aliphatic rings. The Bertz CT molecular complexity index is 368. The highest BCUT2D eigenvalue weighted by atomic mass is 16.2. The quantitative estimate of drug-likeness (QED) is 0.838. The second-order valence-corrected chi connectivity index (χ2v) is 7.54. The number of hydrogen-bond acceptors (Lipinski definition) is 2. The second-order valence-electron chi connectivity index (χ2n) is 7.54. The average Bonchev–Trinajstić information content (AvgIpc) is 3.10. The van der Waals surface area contributed by atoms with Crippen molar-refractivity contribution in [3.63, 3.8) is 0 Å². The normalized spacial score (nSPS) is 40.3. The summed E-state index contributed by atoms with van der Waals surface area (Å²) >= 11 is 0. The zero-order chi connectivity index (χ0) is 14.3. The molecule has 2 bridgehead atoms. The molecule has 2 aliphatic carbocycles. The van der Waals surface area contributed by atoms with Crippen LogP contribution in [0.3, 0.4) is 0 Å². The fraction of sp³-hybridized carbons (Fsp3) is 0.941. The molecule has 1 heterocycles. The maximum Gasteiger partial charge on any atom is 0.241 e. The summed E-state index contributed by atoms with van der Waals surface area (Å²) in [5, 5.41) is 3.64. The van der Waals surface area contributed by atoms with Gasteiger partial charge in [-0.25, -0.2) is 0 Å². The Morgan fingerprint density at radius 1 is 1.30 bits per heavy atom. The zero-order valence-electron chi connectivity index (χ0n) is 13.3. The highest BCUT2D eigenvalue weighted by Crippen LogP contribution is 2.48. The minimum absolute atomic E-state index is 0.0847. The monoisotopic (exact) mass is 278 g/mol. The number of amides is 1. The number of unbranched alkanes of at least 4 members (excludes halogenated alkanes) is 1. The molecule has 1 aliphatic heterocycles. The molecule has 0 aromatic heterocycles. The third kappa shape index (κ3) is 2.38. The lowest BCUT2D eigenvalue weighted by molar-refractivity contribution is -0.134. The predicted molar refractivity (Wildman–Crippen MR) is 81.2 cm³/mol. The molecule has 0 aromatic carbocycles. The van der Waals surface area contributed by atoms with Gasteiger partial charge in [-0.15, -0.1) is 0 Å². The number of nitrogens with one attached hydrogen (secondary N) is 1. The predicted octanol–water partition coefficient (Wildman–Crippen LogP) is 3.15. The maximum atomic E-state index is 12.9. The van der Waals surface area contributed by atoms with E-state index in [9.17, 15) is 4.79 Å². The van der Waals surface area contributed by atoms with Crippen molar-refractivity contribution >= 4 is 5.91 Å². The van der Waals surface area contributed by atoms with Crippen molar-refractivity contribution in [1.82, 2.24) is 10.2 Å². The number of fused-ring (bicyclic) bond motifs is 2. The molecule has 20 heavy (non-hydrogen) atoms. The van der Waals surface area contributed by atoms with Gasteiger partial charge in [0.15, 0.2) is 0 Å². The lowest BCUT2D eigenvalue weighted by atomic mass is 9.92. The average molecular weight is 278 g/mol. The van der Waals surface area contributed by atoms with Gasteiger partial charge in [0, 0.05) is 6.04 Å². The summed E-state index contributed by atoms with van der Waals surface area (Å²) in [6.45, 7) is 6.69. The van der Waals surface area contributed by atoms with E-state index in [-0.39, 0.29) is 12.2 Å². The minimum atomic E-state index is 0.0847. The van der Waals surface area contributed by atoms with Gasteiger partial charge in [0.2, 0.25) is 5.91 Å². The van der Waals surface area contributed by atoms with E-state index in [2.05, 4.69) is 31.0 Å². The van der Waals surface area contributed by atoms with Crippen molar-refractivity contribution in [3.8, 4) is 0 Å². The summed E-state index contributed by atoms with van der Waals surface area (Å²) < 4.78 is 0. The zero-order valence-corrected chi connectivity index (χ0v) is 13.3. The Labute approximate surface area is 123 Å². The van der Waals surface area contributed by atoms with Crippen LogP contribution in [-0.4, -0.2) is 29.1 Å². The molecule has 1 N–H and O–H groups in total. The Morgan fingerprint density at radius 3 is 2.65 bits per heavy atom. The number of nitrogens with zero attached hydrogens (tertiary/aromatic N) is 1. The van der Waals surface area contributed by atoms with Gasteiger partial charge in [-0.2, -0.15) is 0 Å². The summed E-state index contributed by atoms with van der Waals surface area (Å²) in [5.74, 6) is 2.59. The van der Waals surface area contributed by atoms with E-state index in [0.717, 1.165) is 24.7 Å². The van der Waals surface area contributed by atoms with Gasteiger partial charge in [0.05, 0.1) is 12.2 Å². The molecule has 3 nitrogen and oxygen atoms in total. The van der Waals surface area contributed by atoms with Crippen LogP contribution in [-0.2, 0) is 4.79 Å². The smallest absolute Gasteiger partial charge is 0.241 e. The van der Waals surface area contributed by atoms with E-state index in [1.165, 1.54) is 32.1 Å². The third-order valence-corrected chi connectivity index (χ3v) is 5.76. The van der Waals surface area contributed by atoms with Gasteiger partial charge in [-0.05, 0) is 43.4 Å². The second kappa shape index (κ2) is 5.67. The molecule has 1 amide bonds. The van der Waals surface area contributed by atoms with E-state index in [1.54, 1.807) is 0 Å². The highest BCUT2D eigenvalue weighted by Gasteiger charge is 2.50. The van der Waals surface area contributed by atoms with E-state index in [4.69, 9.17) is 0 Å². The van der Waals surface area contributed by atoms with E-state index < -0.39 is 0 Å². The molecule has 114 valence electrons. The molecule has 5 unspecified atom stereocenters. The molecule has 0 spiro atoms. The molecular formula is C17H30N2O. The number of hydrogen-bond donors (Lipinski definition) is 1. The SMILES string of the molecule is CCCCC1NC(C(C)C)N(C2CC3CCC2C3)C1=O. The molecule has 3 fully saturated rings. The fourth-order valence-corrected chi connectivity index (χ4v) is 4.73. The van der Waals surface area contributed by atoms with Crippen LogP contribution in [0.15, 0.2) is 0 Å². The van der Waals surface area contributed by atoms with Crippen LogP contribution in [0.2, 0.25) is 0 Å². The van der Waals surface area contributed by atoms with Gasteiger partial charge in [0.25, 0.3) is 0 Å². The van der Waals surface area contributed by atoms with Crippen molar-refractivity contribution in [2.75, 3.05) is 0 Å². The molecular weight excluding hydrogens is 248 g/mol. The lowest BCUT2D eigenvalue weighted by Gasteiger charge is -2.37. The Morgan fingerprint density at radius 2 is 2.10 bits per heavy atom. The van der Waals surface area contributed by atoms with Gasteiger partial charge < -0.3 is 4.90 Å². The summed E-state index contributed by atoms with van der Waals surface area (Å²) in [5.41, 5.74) is 0. The summed E-state index contributed by atoms with van der Waals surface area (Å²) in [4.78, 5) is 15.1. The Balaban J connectivity index is 1.74. The van der Waals surface area contributed by atoms with E-state index in [1.807, 2.05) is 0 Å². The first-order valence-electron chi connectivity index (χ1n) is 8.70.